The third-order valence-electron chi connectivity index (χ3n) is 3.79. The van der Waals surface area contributed by atoms with E-state index in [4.69, 9.17) is 9.47 Å². The van der Waals surface area contributed by atoms with Crippen molar-refractivity contribution in [3.63, 3.8) is 0 Å². The van der Waals surface area contributed by atoms with Crippen LogP contribution in [-0.4, -0.2) is 51.5 Å². The van der Waals surface area contributed by atoms with Crippen LogP contribution in [0.5, 0.6) is 11.5 Å². The molecule has 1 aliphatic heterocycles. The van der Waals surface area contributed by atoms with E-state index in [1.165, 1.54) is 19.1 Å². The molecule has 1 saturated heterocycles. The standard InChI is InChI=1S/C15H21F3N2O2.ClH/c1-10-8-11(21-2)13(12(9-10)22-3)14(15(16,17)18)20-6-4-19-5-7-20;/h8-9,14,19H,4-7H2,1-3H3;1H/t14-;/m0./s1. The number of hydrogen-bond donors (Lipinski definition) is 1. The summed E-state index contributed by atoms with van der Waals surface area (Å²) in [6.07, 6.45) is -4.41. The zero-order valence-corrected chi connectivity index (χ0v) is 14.2. The maximum atomic E-state index is 13.8. The van der Waals surface area contributed by atoms with Crippen LogP contribution in [-0.2, 0) is 0 Å². The monoisotopic (exact) mass is 354 g/mol. The largest absolute Gasteiger partial charge is 0.496 e. The van der Waals surface area contributed by atoms with Gasteiger partial charge in [0.1, 0.15) is 17.5 Å². The molecule has 2 rings (SSSR count). The van der Waals surface area contributed by atoms with E-state index in [9.17, 15) is 13.2 Å². The summed E-state index contributed by atoms with van der Waals surface area (Å²) >= 11 is 0. The van der Waals surface area contributed by atoms with Crippen LogP contribution in [0.4, 0.5) is 13.2 Å². The van der Waals surface area contributed by atoms with Crippen molar-refractivity contribution in [2.75, 3.05) is 40.4 Å². The average molecular weight is 355 g/mol. The quantitative estimate of drug-likeness (QED) is 0.901. The van der Waals surface area contributed by atoms with Crippen molar-refractivity contribution in [1.29, 1.82) is 0 Å². The number of halogens is 4. The number of benzene rings is 1. The summed E-state index contributed by atoms with van der Waals surface area (Å²) in [6, 6.07) is 1.48. The molecule has 1 aliphatic rings. The van der Waals surface area contributed by atoms with Crippen LogP contribution < -0.4 is 14.8 Å². The summed E-state index contributed by atoms with van der Waals surface area (Å²) < 4.78 is 51.7. The number of alkyl halides is 3. The smallest absolute Gasteiger partial charge is 0.408 e. The Morgan fingerprint density at radius 3 is 1.96 bits per heavy atom. The molecule has 0 amide bonds. The van der Waals surface area contributed by atoms with E-state index in [0.717, 1.165) is 5.56 Å². The number of rotatable bonds is 4. The molecule has 0 aromatic heterocycles. The molecule has 0 unspecified atom stereocenters. The SMILES string of the molecule is COc1cc(C)cc(OC)c1[C@H](N1CCNCC1)C(F)(F)F.Cl. The molecule has 0 bridgehead atoms. The van der Waals surface area contributed by atoms with Gasteiger partial charge in [0.25, 0.3) is 0 Å². The zero-order chi connectivity index (χ0) is 16.3. The first-order valence-electron chi connectivity index (χ1n) is 7.12. The molecule has 1 atom stereocenters. The number of nitrogens with one attached hydrogen (secondary N) is 1. The lowest BCUT2D eigenvalue weighted by molar-refractivity contribution is -0.188. The summed E-state index contributed by atoms with van der Waals surface area (Å²) in [5.74, 6) is 0.412. The van der Waals surface area contributed by atoms with Crippen LogP contribution in [0.3, 0.4) is 0 Å². The van der Waals surface area contributed by atoms with Crippen molar-refractivity contribution in [3.8, 4) is 11.5 Å². The lowest BCUT2D eigenvalue weighted by Crippen LogP contribution is -2.49. The van der Waals surface area contributed by atoms with E-state index >= 15 is 0 Å². The normalized spacial score (nSPS) is 17.3. The number of aryl methyl sites for hydroxylation is 1. The maximum absolute atomic E-state index is 13.8. The second-order valence-corrected chi connectivity index (χ2v) is 5.31. The first-order valence-corrected chi connectivity index (χ1v) is 7.12. The molecule has 132 valence electrons. The van der Waals surface area contributed by atoms with Gasteiger partial charge in [0, 0.05) is 26.2 Å². The number of piperazine rings is 1. The maximum Gasteiger partial charge on any atom is 0.408 e. The predicted octanol–water partition coefficient (Wildman–Crippen LogP) is 2.94. The topological polar surface area (TPSA) is 33.7 Å². The van der Waals surface area contributed by atoms with Gasteiger partial charge in [0.2, 0.25) is 0 Å². The molecule has 0 spiro atoms. The van der Waals surface area contributed by atoms with Gasteiger partial charge in [-0.2, -0.15) is 13.2 Å². The highest BCUT2D eigenvalue weighted by molar-refractivity contribution is 5.85. The van der Waals surface area contributed by atoms with Gasteiger partial charge < -0.3 is 14.8 Å². The Kier molecular flexibility index (Phi) is 6.98. The van der Waals surface area contributed by atoms with E-state index in [2.05, 4.69) is 5.32 Å². The Balaban J connectivity index is 0.00000264. The highest BCUT2D eigenvalue weighted by Gasteiger charge is 2.47. The van der Waals surface area contributed by atoms with Gasteiger partial charge in [-0.1, -0.05) is 0 Å². The van der Waals surface area contributed by atoms with E-state index in [1.807, 2.05) is 0 Å². The summed E-state index contributed by atoms with van der Waals surface area (Å²) in [5, 5.41) is 3.07. The fourth-order valence-electron chi connectivity index (χ4n) is 2.83. The summed E-state index contributed by atoms with van der Waals surface area (Å²) in [7, 11) is 2.76. The highest BCUT2D eigenvalue weighted by atomic mass is 35.5. The van der Waals surface area contributed by atoms with Crippen LogP contribution in [0.15, 0.2) is 12.1 Å². The Morgan fingerprint density at radius 1 is 1.09 bits per heavy atom. The molecular formula is C15H22ClF3N2O2. The van der Waals surface area contributed by atoms with Gasteiger partial charge in [-0.05, 0) is 24.6 Å². The van der Waals surface area contributed by atoms with Crippen LogP contribution in [0.25, 0.3) is 0 Å². The first-order chi connectivity index (χ1) is 10.4. The summed E-state index contributed by atoms with van der Waals surface area (Å²) in [6.45, 7) is 3.50. The second kappa shape index (κ2) is 8.08. The lowest BCUT2D eigenvalue weighted by Gasteiger charge is -2.37. The van der Waals surface area contributed by atoms with Crippen molar-refractivity contribution >= 4 is 12.4 Å². The zero-order valence-electron chi connectivity index (χ0n) is 13.4. The molecule has 23 heavy (non-hydrogen) atoms. The van der Waals surface area contributed by atoms with E-state index < -0.39 is 12.2 Å². The molecule has 1 aromatic rings. The van der Waals surface area contributed by atoms with Gasteiger partial charge in [-0.25, -0.2) is 0 Å². The molecule has 1 fully saturated rings. The number of methoxy groups -OCH3 is 2. The minimum atomic E-state index is -4.41. The van der Waals surface area contributed by atoms with Crippen LogP contribution >= 0.6 is 12.4 Å². The molecule has 0 radical (unpaired) electrons. The minimum Gasteiger partial charge on any atom is -0.496 e. The van der Waals surface area contributed by atoms with Crippen molar-refractivity contribution in [2.24, 2.45) is 0 Å². The van der Waals surface area contributed by atoms with Crippen molar-refractivity contribution in [2.45, 2.75) is 19.1 Å². The average Bonchev–Trinajstić information content (AvgIpc) is 2.48. The van der Waals surface area contributed by atoms with Crippen LogP contribution in [0.1, 0.15) is 17.2 Å². The summed E-state index contributed by atoms with van der Waals surface area (Å²) in [5.41, 5.74) is 0.837. The first kappa shape index (κ1) is 19.9. The molecule has 8 heteroatoms. The molecule has 0 saturated carbocycles. The van der Waals surface area contributed by atoms with Crippen LogP contribution in [0.2, 0.25) is 0 Å². The molecule has 1 aromatic carbocycles. The summed E-state index contributed by atoms with van der Waals surface area (Å²) in [4.78, 5) is 1.42. The third kappa shape index (κ3) is 4.43. The van der Waals surface area contributed by atoms with Crippen molar-refractivity contribution in [1.82, 2.24) is 10.2 Å². The highest BCUT2D eigenvalue weighted by Crippen LogP contribution is 2.46. The Bertz CT molecular complexity index is 495. The number of nitrogens with zero attached hydrogens (tertiary/aromatic N) is 1. The Labute approximate surface area is 140 Å². The second-order valence-electron chi connectivity index (χ2n) is 5.31. The fourth-order valence-corrected chi connectivity index (χ4v) is 2.83. The van der Waals surface area contributed by atoms with E-state index in [0.29, 0.717) is 26.2 Å². The van der Waals surface area contributed by atoms with Crippen molar-refractivity contribution < 1.29 is 22.6 Å². The number of ether oxygens (including phenoxy) is 2. The number of hydrogen-bond acceptors (Lipinski definition) is 4. The van der Waals surface area contributed by atoms with Crippen molar-refractivity contribution in [3.05, 3.63) is 23.3 Å². The molecular weight excluding hydrogens is 333 g/mol. The van der Waals surface area contributed by atoms with Gasteiger partial charge in [0.15, 0.2) is 0 Å². The van der Waals surface area contributed by atoms with E-state index in [1.54, 1.807) is 19.1 Å². The van der Waals surface area contributed by atoms with Gasteiger partial charge in [-0.15, -0.1) is 12.4 Å². The Hall–Kier alpha value is -1.18. The molecule has 0 aliphatic carbocycles. The van der Waals surface area contributed by atoms with Gasteiger partial charge in [0.05, 0.1) is 19.8 Å². The Morgan fingerprint density at radius 2 is 1.57 bits per heavy atom. The van der Waals surface area contributed by atoms with Crippen LogP contribution in [0, 0.1) is 6.92 Å². The predicted molar refractivity (Wildman–Crippen MR) is 84.8 cm³/mol. The van der Waals surface area contributed by atoms with Gasteiger partial charge >= 0.3 is 6.18 Å². The minimum absolute atomic E-state index is 0. The molecule has 1 heterocycles. The molecule has 1 N–H and O–H groups in total. The lowest BCUT2D eigenvalue weighted by atomic mass is 9.99. The fraction of sp³-hybridized carbons (Fsp3) is 0.600. The van der Waals surface area contributed by atoms with Gasteiger partial charge in [-0.3, -0.25) is 4.90 Å². The third-order valence-corrected chi connectivity index (χ3v) is 3.79. The van der Waals surface area contributed by atoms with E-state index in [-0.39, 0.29) is 29.5 Å². The molecule has 4 nitrogen and oxygen atoms in total.